The third-order valence-corrected chi connectivity index (χ3v) is 12.6. The number of ether oxygens (including phenoxy) is 3. The van der Waals surface area contributed by atoms with Crippen LogP contribution in [0.5, 0.6) is 11.5 Å². The first-order valence-electron chi connectivity index (χ1n) is 19.0. The monoisotopic (exact) mass is 782 g/mol. The van der Waals surface area contributed by atoms with Gasteiger partial charge in [-0.3, -0.25) is 9.29 Å². The molecule has 1 aliphatic carbocycles. The molecule has 0 unspecified atom stereocenters. The molecule has 0 amide bonds. The normalized spacial score (nSPS) is 15.3. The zero-order valence-electron chi connectivity index (χ0n) is 32.3. The van der Waals surface area contributed by atoms with Gasteiger partial charge in [0.05, 0.1) is 54.0 Å². The molecule has 1 N–H and O–H groups in total. The van der Waals surface area contributed by atoms with E-state index >= 15 is 4.39 Å². The number of nitrogens with one attached hydrogen (secondary N) is 1. The number of hydrogen-bond acceptors (Lipinski definition) is 11. The van der Waals surface area contributed by atoms with Crippen LogP contribution in [0.3, 0.4) is 0 Å². The molecular formula is C42H47FN6O6S. The Bertz CT molecular complexity index is 2350. The number of piperidine rings is 1. The van der Waals surface area contributed by atoms with Gasteiger partial charge in [0.15, 0.2) is 0 Å². The minimum absolute atomic E-state index is 0.0589. The van der Waals surface area contributed by atoms with Crippen LogP contribution in [0.4, 0.5) is 21.5 Å². The smallest absolute Gasteiger partial charge is 0.338 e. The summed E-state index contributed by atoms with van der Waals surface area (Å²) >= 11 is 0. The molecule has 1 saturated heterocycles. The predicted molar refractivity (Wildman–Crippen MR) is 214 cm³/mol. The number of rotatable bonds is 13. The summed E-state index contributed by atoms with van der Waals surface area (Å²) in [5.41, 5.74) is 2.89. The molecule has 56 heavy (non-hydrogen) atoms. The van der Waals surface area contributed by atoms with Crippen molar-refractivity contribution in [2.24, 2.45) is 0 Å². The molecule has 2 aromatic heterocycles. The van der Waals surface area contributed by atoms with Crippen LogP contribution in [-0.4, -0.2) is 80.7 Å². The number of pyridine rings is 1. The molecule has 14 heteroatoms. The first-order valence-corrected chi connectivity index (χ1v) is 20.5. The Morgan fingerprint density at radius 1 is 0.946 bits per heavy atom. The highest BCUT2D eigenvalue weighted by atomic mass is 32.2. The number of aryl methyl sites for hydroxylation is 2. The molecule has 0 spiro atoms. The minimum atomic E-state index is -4.37. The molecule has 12 nitrogen and oxygen atoms in total. The van der Waals surface area contributed by atoms with E-state index in [4.69, 9.17) is 14.2 Å². The van der Waals surface area contributed by atoms with Crippen LogP contribution in [-0.2, 0) is 27.6 Å². The summed E-state index contributed by atoms with van der Waals surface area (Å²) in [7, 11) is -0.151. The Morgan fingerprint density at radius 2 is 1.70 bits per heavy atom. The number of esters is 1. The second-order valence-corrected chi connectivity index (χ2v) is 16.1. The van der Waals surface area contributed by atoms with Crippen molar-refractivity contribution in [3.05, 3.63) is 89.9 Å². The van der Waals surface area contributed by atoms with Gasteiger partial charge < -0.3 is 24.4 Å². The largest absolute Gasteiger partial charge is 0.497 e. The molecule has 5 aromatic rings. The molecule has 1 aliphatic heterocycles. The van der Waals surface area contributed by atoms with E-state index < -0.39 is 21.8 Å². The molecule has 0 radical (unpaired) electrons. The van der Waals surface area contributed by atoms with Crippen LogP contribution < -0.4 is 19.1 Å². The van der Waals surface area contributed by atoms with E-state index in [0.717, 1.165) is 35.9 Å². The number of fused-ring (bicyclic) bond motifs is 1. The molecular weight excluding hydrogens is 736 g/mol. The summed E-state index contributed by atoms with van der Waals surface area (Å²) in [6, 6.07) is 15.1. The predicted octanol–water partition coefficient (Wildman–Crippen LogP) is 7.72. The summed E-state index contributed by atoms with van der Waals surface area (Å²) in [6.07, 6.45) is 9.48. The molecule has 0 bridgehead atoms. The van der Waals surface area contributed by atoms with Crippen molar-refractivity contribution in [3.63, 3.8) is 0 Å². The molecule has 0 atom stereocenters. The van der Waals surface area contributed by atoms with Crippen LogP contribution >= 0.6 is 0 Å². The van der Waals surface area contributed by atoms with Gasteiger partial charge in [-0.1, -0.05) is 20.3 Å². The van der Waals surface area contributed by atoms with Crippen LogP contribution in [0.25, 0.3) is 22.0 Å². The van der Waals surface area contributed by atoms with Gasteiger partial charge in [-0.05, 0) is 86.2 Å². The summed E-state index contributed by atoms with van der Waals surface area (Å²) in [5.74, 6) is 0.325. The van der Waals surface area contributed by atoms with Gasteiger partial charge in [0.2, 0.25) is 0 Å². The number of halogens is 1. The second kappa shape index (κ2) is 16.4. The fourth-order valence-corrected chi connectivity index (χ4v) is 8.66. The highest BCUT2D eigenvalue weighted by Gasteiger charge is 2.31. The summed E-state index contributed by atoms with van der Waals surface area (Å²) in [5, 5.41) is 3.13. The number of nitrogens with zero attached hydrogens (tertiary/aromatic N) is 5. The highest BCUT2D eigenvalue weighted by Crippen LogP contribution is 2.40. The lowest BCUT2D eigenvalue weighted by Gasteiger charge is -2.41. The minimum Gasteiger partial charge on any atom is -0.497 e. The Balaban J connectivity index is 1.33. The van der Waals surface area contributed by atoms with E-state index in [1.807, 2.05) is 13.8 Å². The fourth-order valence-electron chi connectivity index (χ4n) is 7.37. The quantitative estimate of drug-likeness (QED) is 0.118. The van der Waals surface area contributed by atoms with Crippen LogP contribution in [0, 0.1) is 5.82 Å². The average Bonchev–Trinajstić information content (AvgIpc) is 3.19. The van der Waals surface area contributed by atoms with Gasteiger partial charge in [-0.25, -0.2) is 27.6 Å². The molecule has 294 valence electrons. The van der Waals surface area contributed by atoms with E-state index in [1.165, 1.54) is 58.9 Å². The lowest BCUT2D eigenvalue weighted by molar-refractivity contribution is 0.0490. The third-order valence-electron chi connectivity index (χ3n) is 10.8. The molecule has 1 saturated carbocycles. The molecule has 7 rings (SSSR count). The lowest BCUT2D eigenvalue weighted by Crippen LogP contribution is -2.46. The van der Waals surface area contributed by atoms with Crippen molar-refractivity contribution in [2.45, 2.75) is 75.8 Å². The van der Waals surface area contributed by atoms with Gasteiger partial charge in [-0.2, -0.15) is 0 Å². The van der Waals surface area contributed by atoms with Gasteiger partial charge in [0, 0.05) is 56.1 Å². The Labute approximate surface area is 327 Å². The van der Waals surface area contributed by atoms with E-state index in [0.29, 0.717) is 58.7 Å². The van der Waals surface area contributed by atoms with E-state index in [1.54, 1.807) is 48.7 Å². The van der Waals surface area contributed by atoms with Crippen LogP contribution in [0.15, 0.2) is 71.9 Å². The SMILES string of the molecule is CCc1ncc(-c2cc(F)c3c(Nc4cc(OC5CCN(C6CCC6)CC5)cc(C(=O)OC)c4)c(S(=O)(=O)N(C)c4ccc(OC)cc4)cnc3c2)c(CC)n1. The number of benzene rings is 3. The van der Waals surface area contributed by atoms with Gasteiger partial charge in [0.1, 0.15) is 34.1 Å². The van der Waals surface area contributed by atoms with Gasteiger partial charge >= 0.3 is 5.97 Å². The molecule has 2 aliphatic rings. The first-order chi connectivity index (χ1) is 27.0. The van der Waals surface area contributed by atoms with Crippen molar-refractivity contribution in [1.82, 2.24) is 19.9 Å². The highest BCUT2D eigenvalue weighted by molar-refractivity contribution is 7.93. The van der Waals surface area contributed by atoms with Crippen molar-refractivity contribution in [2.75, 3.05) is 44.0 Å². The number of carbonyl (C=O) groups excluding carboxylic acids is 1. The number of carbonyl (C=O) groups is 1. The number of methoxy groups -OCH3 is 2. The standard InChI is InChI=1S/C42H47FN6O6S/c1-6-36-34(24-45-39(7-2)47-36)26-21-35(43)40-37(22-26)44-25-38(56(51,52)48(3)29-11-13-31(53-4)14-12-29)41(40)46-28-19-27(42(50)54-5)20-33(23-28)55-32-15-17-49(18-16-32)30-9-8-10-30/h11-14,19-25,30,32H,6-10,15-18H2,1-5H3,(H,44,46). The zero-order valence-corrected chi connectivity index (χ0v) is 33.2. The maximum absolute atomic E-state index is 16.8. The number of aromatic nitrogens is 3. The van der Waals surface area contributed by atoms with Gasteiger partial charge in [-0.15, -0.1) is 0 Å². The Kier molecular flexibility index (Phi) is 11.4. The summed E-state index contributed by atoms with van der Waals surface area (Å²) < 4.78 is 63.7. The number of likely N-dealkylation sites (tertiary alicyclic amines) is 1. The van der Waals surface area contributed by atoms with Gasteiger partial charge in [0.25, 0.3) is 10.0 Å². The fraction of sp³-hybridized carbons (Fsp3) is 0.381. The van der Waals surface area contributed by atoms with E-state index in [-0.39, 0.29) is 33.2 Å². The van der Waals surface area contributed by atoms with Crippen LogP contribution in [0.1, 0.15) is 67.8 Å². The van der Waals surface area contributed by atoms with Crippen molar-refractivity contribution in [1.29, 1.82) is 0 Å². The van der Waals surface area contributed by atoms with E-state index in [9.17, 15) is 13.2 Å². The number of anilines is 3. The molecule has 2 fully saturated rings. The van der Waals surface area contributed by atoms with Crippen molar-refractivity contribution >= 4 is 44.0 Å². The lowest BCUT2D eigenvalue weighted by atomic mass is 9.90. The summed E-state index contributed by atoms with van der Waals surface area (Å²) in [4.78, 5) is 28.8. The topological polar surface area (TPSA) is 136 Å². The Hall–Kier alpha value is -5.34. The van der Waals surface area contributed by atoms with E-state index in [2.05, 4.69) is 25.2 Å². The maximum Gasteiger partial charge on any atom is 0.338 e. The molecule has 3 aromatic carbocycles. The second-order valence-electron chi connectivity index (χ2n) is 14.2. The first kappa shape index (κ1) is 38.9. The zero-order chi connectivity index (χ0) is 39.6. The number of hydrogen-bond donors (Lipinski definition) is 1. The van der Waals surface area contributed by atoms with Crippen LogP contribution in [0.2, 0.25) is 0 Å². The number of sulfonamides is 1. The van der Waals surface area contributed by atoms with Crippen molar-refractivity contribution in [3.8, 4) is 22.6 Å². The summed E-state index contributed by atoms with van der Waals surface area (Å²) in [6.45, 7) is 5.80. The maximum atomic E-state index is 16.8. The average molecular weight is 783 g/mol. The molecule has 3 heterocycles. The Morgan fingerprint density at radius 3 is 2.34 bits per heavy atom. The third kappa shape index (κ3) is 7.85. The van der Waals surface area contributed by atoms with Crippen molar-refractivity contribution < 1.29 is 31.8 Å².